The number of aliphatic hydroxyl groups is 2. The van der Waals surface area contributed by atoms with E-state index in [1.807, 2.05) is 24.1 Å². The Kier molecular flexibility index (Phi) is 3.66. The second-order valence-corrected chi connectivity index (χ2v) is 4.31. The monoisotopic (exact) mass is 210 g/mol. The molecule has 0 aliphatic carbocycles. The molecule has 1 heterocycles. The summed E-state index contributed by atoms with van der Waals surface area (Å²) in [6.07, 6.45) is 0. The molecule has 0 aliphatic heterocycles. The van der Waals surface area contributed by atoms with E-state index in [-0.39, 0.29) is 6.61 Å². The molecule has 0 aromatic carbocycles. The average molecular weight is 210 g/mol. The minimum Gasteiger partial charge on any atom is -0.390 e. The van der Waals surface area contributed by atoms with Crippen molar-refractivity contribution in [2.24, 2.45) is 0 Å². The molecular weight excluding hydrogens is 192 g/mol. The third-order valence-electron chi connectivity index (χ3n) is 1.97. The molecule has 1 aromatic rings. The van der Waals surface area contributed by atoms with Crippen LogP contribution in [-0.2, 0) is 6.61 Å². The van der Waals surface area contributed by atoms with Gasteiger partial charge in [0.05, 0.1) is 17.9 Å². The highest BCUT2D eigenvalue weighted by Crippen LogP contribution is 2.13. The fourth-order valence-electron chi connectivity index (χ4n) is 1.43. The lowest BCUT2D eigenvalue weighted by Gasteiger charge is -2.26. The molecule has 0 radical (unpaired) electrons. The van der Waals surface area contributed by atoms with Gasteiger partial charge in [0.25, 0.3) is 0 Å². The summed E-state index contributed by atoms with van der Waals surface area (Å²) in [7, 11) is 1.86. The van der Waals surface area contributed by atoms with Crippen LogP contribution in [0, 0.1) is 0 Å². The Morgan fingerprint density at radius 3 is 2.60 bits per heavy atom. The largest absolute Gasteiger partial charge is 0.390 e. The lowest BCUT2D eigenvalue weighted by atomic mass is 10.1. The molecular formula is C11H18N2O2. The highest BCUT2D eigenvalue weighted by atomic mass is 16.3. The summed E-state index contributed by atoms with van der Waals surface area (Å²) in [5, 5.41) is 18.6. The van der Waals surface area contributed by atoms with Crippen LogP contribution < -0.4 is 4.90 Å². The second-order valence-electron chi connectivity index (χ2n) is 4.31. The van der Waals surface area contributed by atoms with Crippen LogP contribution in [0.25, 0.3) is 0 Å². The first kappa shape index (κ1) is 11.9. The molecule has 0 spiro atoms. The van der Waals surface area contributed by atoms with Gasteiger partial charge >= 0.3 is 0 Å². The van der Waals surface area contributed by atoms with E-state index in [2.05, 4.69) is 4.98 Å². The van der Waals surface area contributed by atoms with Crippen molar-refractivity contribution in [3.63, 3.8) is 0 Å². The van der Waals surface area contributed by atoms with Crippen molar-refractivity contribution >= 4 is 5.82 Å². The maximum atomic E-state index is 9.66. The fraction of sp³-hybridized carbons (Fsp3) is 0.545. The van der Waals surface area contributed by atoms with Crippen molar-refractivity contribution < 1.29 is 10.2 Å². The van der Waals surface area contributed by atoms with Gasteiger partial charge in [-0.05, 0) is 26.0 Å². The molecule has 4 heteroatoms. The minimum absolute atomic E-state index is 0.0653. The lowest BCUT2D eigenvalue weighted by Crippen LogP contribution is -2.36. The number of rotatable bonds is 4. The van der Waals surface area contributed by atoms with Crippen molar-refractivity contribution in [2.45, 2.75) is 26.1 Å². The quantitative estimate of drug-likeness (QED) is 0.771. The van der Waals surface area contributed by atoms with E-state index in [0.29, 0.717) is 12.2 Å². The minimum atomic E-state index is -0.758. The summed E-state index contributed by atoms with van der Waals surface area (Å²) in [6.45, 7) is 3.93. The number of hydrogen-bond acceptors (Lipinski definition) is 4. The maximum absolute atomic E-state index is 9.66. The summed E-state index contributed by atoms with van der Waals surface area (Å²) in [6, 6.07) is 5.46. The van der Waals surface area contributed by atoms with E-state index in [0.717, 1.165) is 5.82 Å². The molecule has 0 saturated heterocycles. The summed E-state index contributed by atoms with van der Waals surface area (Å²) >= 11 is 0. The standard InChI is InChI=1S/C11H18N2O2/c1-11(2,15)8-13(3)10-6-4-5-9(7-14)12-10/h4-6,14-15H,7-8H2,1-3H3. The zero-order valence-electron chi connectivity index (χ0n) is 9.44. The number of aliphatic hydroxyl groups excluding tert-OH is 1. The Bertz CT molecular complexity index is 321. The van der Waals surface area contributed by atoms with Crippen LogP contribution in [-0.4, -0.2) is 34.4 Å². The Morgan fingerprint density at radius 2 is 2.07 bits per heavy atom. The smallest absolute Gasteiger partial charge is 0.128 e. The van der Waals surface area contributed by atoms with Gasteiger partial charge in [-0.15, -0.1) is 0 Å². The topological polar surface area (TPSA) is 56.6 Å². The van der Waals surface area contributed by atoms with Gasteiger partial charge in [-0.2, -0.15) is 0 Å². The Hall–Kier alpha value is -1.13. The molecule has 1 rings (SSSR count). The first-order valence-electron chi connectivity index (χ1n) is 4.93. The van der Waals surface area contributed by atoms with Gasteiger partial charge in [0.2, 0.25) is 0 Å². The predicted molar refractivity (Wildman–Crippen MR) is 59.7 cm³/mol. The van der Waals surface area contributed by atoms with E-state index >= 15 is 0 Å². The van der Waals surface area contributed by atoms with Gasteiger partial charge in [-0.3, -0.25) is 0 Å². The highest BCUT2D eigenvalue weighted by molar-refractivity contribution is 5.38. The molecule has 0 saturated carbocycles. The maximum Gasteiger partial charge on any atom is 0.128 e. The number of pyridine rings is 1. The van der Waals surface area contributed by atoms with Crippen LogP contribution in [0.3, 0.4) is 0 Å². The normalized spacial score (nSPS) is 11.5. The van der Waals surface area contributed by atoms with Crippen molar-refractivity contribution in [3.8, 4) is 0 Å². The molecule has 0 aliphatic rings. The predicted octanol–water partition coefficient (Wildman–Crippen LogP) is 0.781. The van der Waals surface area contributed by atoms with Gasteiger partial charge in [0.15, 0.2) is 0 Å². The van der Waals surface area contributed by atoms with E-state index in [9.17, 15) is 5.11 Å². The second kappa shape index (κ2) is 4.59. The molecule has 2 N–H and O–H groups in total. The van der Waals surface area contributed by atoms with Crippen molar-refractivity contribution in [3.05, 3.63) is 23.9 Å². The number of aromatic nitrogens is 1. The molecule has 0 bridgehead atoms. The average Bonchev–Trinajstić information content (AvgIpc) is 2.15. The number of anilines is 1. The van der Waals surface area contributed by atoms with Gasteiger partial charge in [0.1, 0.15) is 5.82 Å². The third kappa shape index (κ3) is 3.85. The SMILES string of the molecule is CN(CC(C)(C)O)c1cccc(CO)n1. The van der Waals surface area contributed by atoms with Crippen LogP contribution in [0.5, 0.6) is 0 Å². The van der Waals surface area contributed by atoms with Gasteiger partial charge in [-0.25, -0.2) is 4.98 Å². The first-order valence-corrected chi connectivity index (χ1v) is 4.93. The molecule has 0 atom stereocenters. The van der Waals surface area contributed by atoms with Gasteiger partial charge in [0, 0.05) is 13.6 Å². The van der Waals surface area contributed by atoms with Gasteiger partial charge in [-0.1, -0.05) is 6.07 Å². The number of nitrogens with zero attached hydrogens (tertiary/aromatic N) is 2. The van der Waals surface area contributed by atoms with Gasteiger partial charge < -0.3 is 15.1 Å². The Morgan fingerprint density at radius 1 is 1.40 bits per heavy atom. The Balaban J connectivity index is 2.77. The number of hydrogen-bond donors (Lipinski definition) is 2. The molecule has 1 aromatic heterocycles. The summed E-state index contributed by atoms with van der Waals surface area (Å²) in [5.41, 5.74) is -0.124. The third-order valence-corrected chi connectivity index (χ3v) is 1.97. The molecule has 15 heavy (non-hydrogen) atoms. The zero-order chi connectivity index (χ0) is 11.5. The van der Waals surface area contributed by atoms with E-state index in [1.165, 1.54) is 0 Å². The molecule has 0 fully saturated rings. The first-order chi connectivity index (χ1) is 6.92. The van der Waals surface area contributed by atoms with E-state index < -0.39 is 5.60 Å². The fourth-order valence-corrected chi connectivity index (χ4v) is 1.43. The molecule has 84 valence electrons. The zero-order valence-corrected chi connectivity index (χ0v) is 9.44. The molecule has 0 amide bonds. The summed E-state index contributed by atoms with van der Waals surface area (Å²) < 4.78 is 0. The van der Waals surface area contributed by atoms with E-state index in [4.69, 9.17) is 5.11 Å². The van der Waals surface area contributed by atoms with Crippen LogP contribution in [0.2, 0.25) is 0 Å². The van der Waals surface area contributed by atoms with Crippen LogP contribution >= 0.6 is 0 Å². The number of likely N-dealkylation sites (N-methyl/N-ethyl adjacent to an activating group) is 1. The van der Waals surface area contributed by atoms with Crippen molar-refractivity contribution in [1.82, 2.24) is 4.98 Å². The van der Waals surface area contributed by atoms with Crippen molar-refractivity contribution in [2.75, 3.05) is 18.5 Å². The van der Waals surface area contributed by atoms with Crippen LogP contribution in [0.15, 0.2) is 18.2 Å². The van der Waals surface area contributed by atoms with E-state index in [1.54, 1.807) is 19.9 Å². The highest BCUT2D eigenvalue weighted by Gasteiger charge is 2.16. The lowest BCUT2D eigenvalue weighted by molar-refractivity contribution is 0.0884. The Labute approximate surface area is 90.2 Å². The summed E-state index contributed by atoms with van der Waals surface area (Å²) in [4.78, 5) is 6.10. The molecule has 4 nitrogen and oxygen atoms in total. The van der Waals surface area contributed by atoms with Crippen LogP contribution in [0.4, 0.5) is 5.82 Å². The van der Waals surface area contributed by atoms with Crippen LogP contribution in [0.1, 0.15) is 19.5 Å². The molecule has 0 unspecified atom stereocenters. The van der Waals surface area contributed by atoms with Crippen molar-refractivity contribution in [1.29, 1.82) is 0 Å². The summed E-state index contributed by atoms with van der Waals surface area (Å²) in [5.74, 6) is 0.753.